The SMILES string of the molecule is CC(CN(C)C)NC(=O)NC(=O)CC(C)(C)CC(=O)O. The lowest BCUT2D eigenvalue weighted by atomic mass is 9.85. The topological polar surface area (TPSA) is 98.7 Å². The maximum atomic E-state index is 11.7. The van der Waals surface area contributed by atoms with E-state index in [1.165, 1.54) is 0 Å². The van der Waals surface area contributed by atoms with Gasteiger partial charge < -0.3 is 15.3 Å². The minimum absolute atomic E-state index is 0.0191. The second-order valence-corrected chi connectivity index (χ2v) is 6.10. The number of urea groups is 1. The highest BCUT2D eigenvalue weighted by Gasteiger charge is 2.26. The van der Waals surface area contributed by atoms with Crippen molar-refractivity contribution in [2.45, 2.75) is 39.7 Å². The fourth-order valence-electron chi connectivity index (χ4n) is 1.93. The number of hydrogen-bond acceptors (Lipinski definition) is 4. The Bertz CT molecular complexity index is 367. The lowest BCUT2D eigenvalue weighted by molar-refractivity contribution is -0.139. The van der Waals surface area contributed by atoms with E-state index < -0.39 is 23.3 Å². The van der Waals surface area contributed by atoms with Gasteiger partial charge in [-0.05, 0) is 26.4 Å². The van der Waals surface area contributed by atoms with Crippen molar-refractivity contribution in [3.05, 3.63) is 0 Å². The summed E-state index contributed by atoms with van der Waals surface area (Å²) in [4.78, 5) is 35.8. The molecule has 20 heavy (non-hydrogen) atoms. The normalized spacial score (nSPS) is 12.9. The summed E-state index contributed by atoms with van der Waals surface area (Å²) in [7, 11) is 3.77. The Labute approximate surface area is 119 Å². The summed E-state index contributed by atoms with van der Waals surface area (Å²) in [6.07, 6.45) is -0.145. The van der Waals surface area contributed by atoms with Gasteiger partial charge in [-0.15, -0.1) is 0 Å². The van der Waals surface area contributed by atoms with Gasteiger partial charge in [0, 0.05) is 19.0 Å². The minimum atomic E-state index is -0.966. The molecule has 0 rings (SSSR count). The molecule has 116 valence electrons. The molecule has 7 nitrogen and oxygen atoms in total. The predicted octanol–water partition coefficient (Wildman–Crippen LogP) is 0.653. The number of carbonyl (C=O) groups excluding carboxylic acids is 2. The summed E-state index contributed by atoms with van der Waals surface area (Å²) in [5.74, 6) is -1.45. The molecule has 3 N–H and O–H groups in total. The van der Waals surface area contributed by atoms with Crippen LogP contribution in [-0.4, -0.2) is 54.6 Å². The van der Waals surface area contributed by atoms with Crippen molar-refractivity contribution in [2.24, 2.45) is 5.41 Å². The largest absolute Gasteiger partial charge is 0.481 e. The molecule has 1 unspecified atom stereocenters. The van der Waals surface area contributed by atoms with Gasteiger partial charge in [-0.1, -0.05) is 13.8 Å². The van der Waals surface area contributed by atoms with E-state index in [4.69, 9.17) is 5.11 Å². The van der Waals surface area contributed by atoms with Gasteiger partial charge in [0.15, 0.2) is 0 Å². The van der Waals surface area contributed by atoms with Gasteiger partial charge >= 0.3 is 12.0 Å². The Balaban J connectivity index is 4.20. The zero-order valence-corrected chi connectivity index (χ0v) is 12.8. The summed E-state index contributed by atoms with van der Waals surface area (Å²) in [6.45, 7) is 5.84. The average Bonchev–Trinajstić information content (AvgIpc) is 2.09. The van der Waals surface area contributed by atoms with Crippen molar-refractivity contribution in [3.8, 4) is 0 Å². The second-order valence-electron chi connectivity index (χ2n) is 6.10. The minimum Gasteiger partial charge on any atom is -0.481 e. The first-order chi connectivity index (χ1) is 9.01. The van der Waals surface area contributed by atoms with Crippen LogP contribution in [0.4, 0.5) is 4.79 Å². The lowest BCUT2D eigenvalue weighted by Gasteiger charge is -2.22. The molecule has 0 aliphatic carbocycles. The van der Waals surface area contributed by atoms with E-state index >= 15 is 0 Å². The van der Waals surface area contributed by atoms with Gasteiger partial charge in [-0.2, -0.15) is 0 Å². The van der Waals surface area contributed by atoms with Crippen LogP contribution in [0.1, 0.15) is 33.6 Å². The number of carboxylic acid groups (broad SMARTS) is 1. The van der Waals surface area contributed by atoms with Crippen LogP contribution in [0.25, 0.3) is 0 Å². The van der Waals surface area contributed by atoms with Crippen molar-refractivity contribution in [3.63, 3.8) is 0 Å². The molecule has 0 heterocycles. The van der Waals surface area contributed by atoms with Crippen molar-refractivity contribution >= 4 is 17.9 Å². The van der Waals surface area contributed by atoms with E-state index in [1.54, 1.807) is 13.8 Å². The Kier molecular flexibility index (Phi) is 7.20. The van der Waals surface area contributed by atoms with Gasteiger partial charge in [-0.25, -0.2) is 4.79 Å². The number of carbonyl (C=O) groups is 3. The van der Waals surface area contributed by atoms with E-state index in [9.17, 15) is 14.4 Å². The van der Waals surface area contributed by atoms with Crippen LogP contribution in [0.3, 0.4) is 0 Å². The standard InChI is InChI=1S/C13H25N3O4/c1-9(8-16(4)5)14-12(20)15-10(17)6-13(2,3)7-11(18)19/h9H,6-8H2,1-5H3,(H,18,19)(H2,14,15,17,20). The highest BCUT2D eigenvalue weighted by atomic mass is 16.4. The zero-order valence-electron chi connectivity index (χ0n) is 12.8. The Morgan fingerprint density at radius 3 is 2.20 bits per heavy atom. The van der Waals surface area contributed by atoms with E-state index in [2.05, 4.69) is 10.6 Å². The third-order valence-electron chi connectivity index (χ3n) is 2.54. The number of amides is 3. The molecule has 3 amide bonds. The molecule has 0 aliphatic heterocycles. The van der Waals surface area contributed by atoms with Gasteiger partial charge in [0.2, 0.25) is 5.91 Å². The van der Waals surface area contributed by atoms with E-state index in [1.807, 2.05) is 25.9 Å². The van der Waals surface area contributed by atoms with Crippen LogP contribution in [0, 0.1) is 5.41 Å². The Morgan fingerprint density at radius 1 is 1.20 bits per heavy atom. The molecule has 0 aromatic rings. The molecule has 0 saturated heterocycles. The zero-order chi connectivity index (χ0) is 15.9. The van der Waals surface area contributed by atoms with E-state index in [-0.39, 0.29) is 18.9 Å². The van der Waals surface area contributed by atoms with Crippen LogP contribution in [0.5, 0.6) is 0 Å². The number of carboxylic acids is 1. The van der Waals surface area contributed by atoms with E-state index in [0.29, 0.717) is 6.54 Å². The first-order valence-electron chi connectivity index (χ1n) is 6.49. The van der Waals surface area contributed by atoms with Crippen molar-refractivity contribution in [2.75, 3.05) is 20.6 Å². The number of imide groups is 1. The molecule has 7 heteroatoms. The molecular weight excluding hydrogens is 262 g/mol. The quantitative estimate of drug-likeness (QED) is 0.638. The molecule has 0 aromatic heterocycles. The first-order valence-corrected chi connectivity index (χ1v) is 6.49. The maximum Gasteiger partial charge on any atom is 0.321 e. The average molecular weight is 287 g/mol. The van der Waals surface area contributed by atoms with Crippen molar-refractivity contribution in [1.29, 1.82) is 0 Å². The molecule has 1 atom stereocenters. The van der Waals surface area contributed by atoms with Crippen molar-refractivity contribution < 1.29 is 19.5 Å². The monoisotopic (exact) mass is 287 g/mol. The van der Waals surface area contributed by atoms with E-state index in [0.717, 1.165) is 0 Å². The maximum absolute atomic E-state index is 11.7. The number of nitrogens with zero attached hydrogens (tertiary/aromatic N) is 1. The fraction of sp³-hybridized carbons (Fsp3) is 0.769. The van der Waals surface area contributed by atoms with Gasteiger partial charge in [0.1, 0.15) is 0 Å². The molecule has 0 aromatic carbocycles. The third kappa shape index (κ3) is 9.32. The van der Waals surface area contributed by atoms with Crippen LogP contribution in [0.15, 0.2) is 0 Å². The van der Waals surface area contributed by atoms with Crippen LogP contribution >= 0.6 is 0 Å². The predicted molar refractivity (Wildman–Crippen MR) is 75.3 cm³/mol. The number of nitrogens with one attached hydrogen (secondary N) is 2. The Hall–Kier alpha value is -1.63. The molecular formula is C13H25N3O4. The van der Waals surface area contributed by atoms with Crippen molar-refractivity contribution in [1.82, 2.24) is 15.5 Å². The highest BCUT2D eigenvalue weighted by molar-refractivity contribution is 5.94. The smallest absolute Gasteiger partial charge is 0.321 e. The molecule has 0 bridgehead atoms. The van der Waals surface area contributed by atoms with Crippen LogP contribution in [-0.2, 0) is 9.59 Å². The number of hydrogen-bond donors (Lipinski definition) is 3. The van der Waals surface area contributed by atoms with Gasteiger partial charge in [0.05, 0.1) is 6.42 Å². The first kappa shape index (κ1) is 18.4. The summed E-state index contributed by atoms with van der Waals surface area (Å²) in [6, 6.07) is -0.652. The van der Waals surface area contributed by atoms with Gasteiger partial charge in [0.25, 0.3) is 0 Å². The number of aliphatic carboxylic acids is 1. The molecule has 0 radical (unpaired) electrons. The Morgan fingerprint density at radius 2 is 1.75 bits per heavy atom. The summed E-state index contributed by atoms with van der Waals surface area (Å²) in [5, 5.41) is 13.6. The summed E-state index contributed by atoms with van der Waals surface area (Å²) >= 11 is 0. The van der Waals surface area contributed by atoms with Crippen LogP contribution < -0.4 is 10.6 Å². The molecule has 0 spiro atoms. The number of likely N-dealkylation sites (N-methyl/N-ethyl adjacent to an activating group) is 1. The van der Waals surface area contributed by atoms with Gasteiger partial charge in [-0.3, -0.25) is 14.9 Å². The molecule has 0 saturated carbocycles. The third-order valence-corrected chi connectivity index (χ3v) is 2.54. The lowest BCUT2D eigenvalue weighted by Crippen LogP contribution is -2.47. The summed E-state index contributed by atoms with van der Waals surface area (Å²) in [5.41, 5.74) is -0.689. The second kappa shape index (κ2) is 7.84. The number of rotatable bonds is 7. The molecule has 0 fully saturated rings. The van der Waals surface area contributed by atoms with Crippen LogP contribution in [0.2, 0.25) is 0 Å². The molecule has 0 aliphatic rings. The highest BCUT2D eigenvalue weighted by Crippen LogP contribution is 2.24. The summed E-state index contributed by atoms with van der Waals surface area (Å²) < 4.78 is 0. The fourth-order valence-corrected chi connectivity index (χ4v) is 1.93.